The highest BCUT2D eigenvalue weighted by atomic mass is 16.4. The van der Waals surface area contributed by atoms with E-state index in [-0.39, 0.29) is 12.3 Å². The van der Waals surface area contributed by atoms with Gasteiger partial charge in [0.05, 0.1) is 0 Å². The molecule has 0 saturated carbocycles. The summed E-state index contributed by atoms with van der Waals surface area (Å²) in [6, 6.07) is 7.54. The van der Waals surface area contributed by atoms with E-state index in [2.05, 4.69) is 0 Å². The Labute approximate surface area is 99.1 Å². The second-order valence-corrected chi connectivity index (χ2v) is 4.13. The molecule has 0 spiro atoms. The van der Waals surface area contributed by atoms with E-state index in [4.69, 9.17) is 10.2 Å². The van der Waals surface area contributed by atoms with Crippen LogP contribution in [-0.4, -0.2) is 27.4 Å². The molecule has 0 aliphatic heterocycles. The van der Waals surface area contributed by atoms with Crippen molar-refractivity contribution >= 4 is 16.9 Å². The minimum Gasteiger partial charge on any atom is -0.477 e. The van der Waals surface area contributed by atoms with E-state index >= 15 is 0 Å². The zero-order valence-electron chi connectivity index (χ0n) is 9.68. The molecule has 1 aromatic heterocycles. The molecule has 0 saturated heterocycles. The van der Waals surface area contributed by atoms with Gasteiger partial charge in [-0.25, -0.2) is 4.79 Å². The summed E-state index contributed by atoms with van der Waals surface area (Å²) in [7, 11) is 0. The van der Waals surface area contributed by atoms with Crippen molar-refractivity contribution in [1.29, 1.82) is 0 Å². The van der Waals surface area contributed by atoms with Crippen LogP contribution in [0.1, 0.15) is 22.5 Å². The first-order valence-corrected chi connectivity index (χ1v) is 5.57. The summed E-state index contributed by atoms with van der Waals surface area (Å²) in [5, 5.41) is 18.9. The first-order valence-electron chi connectivity index (χ1n) is 5.57. The predicted molar refractivity (Wildman–Crippen MR) is 65.3 cm³/mol. The number of carbonyl (C=O) groups is 1. The number of fused-ring (bicyclic) bond motifs is 1. The summed E-state index contributed by atoms with van der Waals surface area (Å²) in [5.41, 5.74) is 2.29. The summed E-state index contributed by atoms with van der Waals surface area (Å²) in [6.07, 6.45) is 0.554. The average molecular weight is 233 g/mol. The van der Waals surface area contributed by atoms with E-state index in [1.54, 1.807) is 10.6 Å². The van der Waals surface area contributed by atoms with Crippen LogP contribution in [0.25, 0.3) is 10.9 Å². The average Bonchev–Trinajstić information content (AvgIpc) is 2.64. The predicted octanol–water partition coefficient (Wildman–Crippen LogP) is 2.03. The van der Waals surface area contributed by atoms with Gasteiger partial charge in [-0.1, -0.05) is 11.6 Å². The van der Waals surface area contributed by atoms with Crippen molar-refractivity contribution in [2.24, 2.45) is 0 Å². The van der Waals surface area contributed by atoms with Crippen molar-refractivity contribution in [3.05, 3.63) is 35.5 Å². The molecule has 0 bridgehead atoms. The molecule has 17 heavy (non-hydrogen) atoms. The van der Waals surface area contributed by atoms with Crippen LogP contribution < -0.4 is 0 Å². The van der Waals surface area contributed by atoms with Crippen LogP contribution in [-0.2, 0) is 6.54 Å². The third-order valence-corrected chi connectivity index (χ3v) is 2.82. The molecule has 0 unspecified atom stereocenters. The lowest BCUT2D eigenvalue weighted by atomic mass is 10.2. The largest absolute Gasteiger partial charge is 0.477 e. The van der Waals surface area contributed by atoms with Crippen LogP contribution in [0.5, 0.6) is 0 Å². The third-order valence-electron chi connectivity index (χ3n) is 2.82. The van der Waals surface area contributed by atoms with E-state index in [0.717, 1.165) is 16.5 Å². The lowest BCUT2D eigenvalue weighted by Crippen LogP contribution is -2.09. The monoisotopic (exact) mass is 233 g/mol. The van der Waals surface area contributed by atoms with Gasteiger partial charge < -0.3 is 14.8 Å². The molecule has 4 heteroatoms. The Morgan fingerprint density at radius 3 is 2.76 bits per heavy atom. The van der Waals surface area contributed by atoms with Crippen LogP contribution in [0, 0.1) is 6.92 Å². The number of hydrogen-bond donors (Lipinski definition) is 2. The standard InChI is InChI=1S/C13H15NO3/c1-9-3-4-11-10(7-9)8-12(13(16)17)14(11)5-2-6-15/h3-4,7-8,15H,2,5-6H2,1H3,(H,16,17). The fourth-order valence-corrected chi connectivity index (χ4v) is 2.04. The number of nitrogens with zero attached hydrogens (tertiary/aromatic N) is 1. The van der Waals surface area contributed by atoms with Gasteiger partial charge in [0.1, 0.15) is 5.69 Å². The highest BCUT2D eigenvalue weighted by Crippen LogP contribution is 2.21. The van der Waals surface area contributed by atoms with E-state index in [0.29, 0.717) is 13.0 Å². The fourth-order valence-electron chi connectivity index (χ4n) is 2.04. The number of aromatic nitrogens is 1. The summed E-state index contributed by atoms with van der Waals surface area (Å²) < 4.78 is 1.74. The summed E-state index contributed by atoms with van der Waals surface area (Å²) in [4.78, 5) is 11.2. The SMILES string of the molecule is Cc1ccc2c(c1)cc(C(=O)O)n2CCCO. The van der Waals surface area contributed by atoms with Crippen LogP contribution in [0.15, 0.2) is 24.3 Å². The van der Waals surface area contributed by atoms with Crippen molar-refractivity contribution < 1.29 is 15.0 Å². The topological polar surface area (TPSA) is 62.5 Å². The van der Waals surface area contributed by atoms with Gasteiger partial charge >= 0.3 is 5.97 Å². The van der Waals surface area contributed by atoms with Gasteiger partial charge in [-0.15, -0.1) is 0 Å². The second-order valence-electron chi connectivity index (χ2n) is 4.13. The van der Waals surface area contributed by atoms with Crippen molar-refractivity contribution in [3.63, 3.8) is 0 Å². The summed E-state index contributed by atoms with van der Waals surface area (Å²) in [6.45, 7) is 2.56. The van der Waals surface area contributed by atoms with E-state index in [9.17, 15) is 4.79 Å². The molecule has 2 aromatic rings. The van der Waals surface area contributed by atoms with Crippen LogP contribution in [0.2, 0.25) is 0 Å². The van der Waals surface area contributed by atoms with Crippen molar-refractivity contribution in [2.75, 3.05) is 6.61 Å². The van der Waals surface area contributed by atoms with E-state index in [1.807, 2.05) is 25.1 Å². The van der Waals surface area contributed by atoms with Crippen LogP contribution >= 0.6 is 0 Å². The van der Waals surface area contributed by atoms with Gasteiger partial charge in [-0.05, 0) is 31.5 Å². The van der Waals surface area contributed by atoms with Gasteiger partial charge in [0, 0.05) is 24.1 Å². The Hall–Kier alpha value is -1.81. The molecule has 0 atom stereocenters. The van der Waals surface area contributed by atoms with E-state index in [1.165, 1.54) is 0 Å². The number of benzene rings is 1. The maximum absolute atomic E-state index is 11.2. The minimum atomic E-state index is -0.934. The molecule has 2 rings (SSSR count). The van der Waals surface area contributed by atoms with Gasteiger partial charge in [0.25, 0.3) is 0 Å². The maximum atomic E-state index is 11.2. The number of aliphatic hydroxyl groups excluding tert-OH is 1. The van der Waals surface area contributed by atoms with Crippen molar-refractivity contribution in [1.82, 2.24) is 4.57 Å². The Morgan fingerprint density at radius 2 is 2.12 bits per heavy atom. The van der Waals surface area contributed by atoms with Gasteiger partial charge in [0.2, 0.25) is 0 Å². The number of carboxylic acid groups (broad SMARTS) is 1. The second kappa shape index (κ2) is 4.59. The molecule has 0 aliphatic rings. The lowest BCUT2D eigenvalue weighted by Gasteiger charge is -2.07. The number of rotatable bonds is 4. The molecular weight excluding hydrogens is 218 g/mol. The molecule has 90 valence electrons. The highest BCUT2D eigenvalue weighted by Gasteiger charge is 2.13. The summed E-state index contributed by atoms with van der Waals surface area (Å²) >= 11 is 0. The molecule has 0 aliphatic carbocycles. The smallest absolute Gasteiger partial charge is 0.352 e. The normalized spacial score (nSPS) is 10.9. The highest BCUT2D eigenvalue weighted by molar-refractivity contribution is 5.94. The quantitative estimate of drug-likeness (QED) is 0.849. The Kier molecular flexibility index (Phi) is 3.15. The zero-order chi connectivity index (χ0) is 12.4. The number of carboxylic acids is 1. The number of aromatic carboxylic acids is 1. The molecule has 0 radical (unpaired) electrons. The Balaban J connectivity index is 2.58. The number of aliphatic hydroxyl groups is 1. The Morgan fingerprint density at radius 1 is 1.35 bits per heavy atom. The summed E-state index contributed by atoms with van der Waals surface area (Å²) in [5.74, 6) is -0.934. The number of hydrogen-bond acceptors (Lipinski definition) is 2. The first kappa shape index (κ1) is 11.7. The molecular formula is C13H15NO3. The molecule has 0 amide bonds. The van der Waals surface area contributed by atoms with Gasteiger partial charge in [-0.2, -0.15) is 0 Å². The fraction of sp³-hybridized carbons (Fsp3) is 0.308. The molecule has 2 N–H and O–H groups in total. The lowest BCUT2D eigenvalue weighted by molar-refractivity contribution is 0.0685. The zero-order valence-corrected chi connectivity index (χ0v) is 9.68. The van der Waals surface area contributed by atoms with Crippen molar-refractivity contribution in [2.45, 2.75) is 19.9 Å². The third kappa shape index (κ3) is 2.17. The van der Waals surface area contributed by atoms with Gasteiger partial charge in [0.15, 0.2) is 0 Å². The maximum Gasteiger partial charge on any atom is 0.352 e. The minimum absolute atomic E-state index is 0.0601. The molecule has 4 nitrogen and oxygen atoms in total. The van der Waals surface area contributed by atoms with Crippen LogP contribution in [0.3, 0.4) is 0 Å². The first-order chi connectivity index (χ1) is 8.13. The molecule has 0 fully saturated rings. The molecule has 1 heterocycles. The molecule has 1 aromatic carbocycles. The Bertz CT molecular complexity index is 557. The van der Waals surface area contributed by atoms with Crippen molar-refractivity contribution in [3.8, 4) is 0 Å². The van der Waals surface area contributed by atoms with Crippen LogP contribution in [0.4, 0.5) is 0 Å². The number of aryl methyl sites for hydroxylation is 2. The van der Waals surface area contributed by atoms with Gasteiger partial charge in [-0.3, -0.25) is 0 Å². The van der Waals surface area contributed by atoms with E-state index < -0.39 is 5.97 Å².